The molecule has 0 radical (unpaired) electrons. The highest BCUT2D eigenvalue weighted by Gasteiger charge is 2.18. The Kier molecular flexibility index (Phi) is 6.31. The number of benzene rings is 2. The van der Waals surface area contributed by atoms with Crippen molar-refractivity contribution in [3.8, 4) is 17.1 Å². The van der Waals surface area contributed by atoms with Crippen molar-refractivity contribution in [3.63, 3.8) is 0 Å². The maximum Gasteiger partial charge on any atom is 0.255 e. The number of aryl methyl sites for hydroxylation is 3. The highest BCUT2D eigenvalue weighted by atomic mass is 19.1. The van der Waals surface area contributed by atoms with Crippen LogP contribution in [0, 0.1) is 19.7 Å². The van der Waals surface area contributed by atoms with E-state index >= 15 is 0 Å². The predicted octanol–water partition coefficient (Wildman–Crippen LogP) is 5.25. The third kappa shape index (κ3) is 4.80. The summed E-state index contributed by atoms with van der Waals surface area (Å²) in [6.07, 6.45) is 4.17. The summed E-state index contributed by atoms with van der Waals surface area (Å²) in [5.74, 6) is 1.87. The van der Waals surface area contributed by atoms with E-state index in [0.717, 1.165) is 49.3 Å². The van der Waals surface area contributed by atoms with E-state index in [9.17, 15) is 9.18 Å². The molecule has 5 rings (SSSR count). The monoisotopic (exact) mass is 475 g/mol. The molecule has 180 valence electrons. The largest absolute Gasteiger partial charge is 0.489 e. The summed E-state index contributed by atoms with van der Waals surface area (Å²) in [5, 5.41) is 15.3. The molecule has 1 N–H and O–H groups in total. The molecule has 8 nitrogen and oxygen atoms in total. The Morgan fingerprint density at radius 3 is 2.86 bits per heavy atom. The van der Waals surface area contributed by atoms with E-state index in [1.165, 1.54) is 6.07 Å². The zero-order valence-corrected chi connectivity index (χ0v) is 19.7. The summed E-state index contributed by atoms with van der Waals surface area (Å²) < 4.78 is 27.7. The molecule has 0 spiro atoms. The Labute approximate surface area is 202 Å². The molecule has 0 unspecified atom stereocenters. The van der Waals surface area contributed by atoms with Gasteiger partial charge in [-0.25, -0.2) is 4.39 Å². The van der Waals surface area contributed by atoms with Crippen LogP contribution in [-0.4, -0.2) is 25.8 Å². The fourth-order valence-corrected chi connectivity index (χ4v) is 4.24. The second kappa shape index (κ2) is 9.69. The fraction of sp³-hybridized carbons (Fsp3) is 0.308. The summed E-state index contributed by atoms with van der Waals surface area (Å²) in [6, 6.07) is 11.4. The smallest absolute Gasteiger partial charge is 0.255 e. The van der Waals surface area contributed by atoms with Crippen LogP contribution in [0.25, 0.3) is 11.4 Å². The predicted molar refractivity (Wildman–Crippen MR) is 128 cm³/mol. The lowest BCUT2D eigenvalue weighted by Crippen LogP contribution is -2.13. The number of hydrogen-bond donors (Lipinski definition) is 1. The summed E-state index contributed by atoms with van der Waals surface area (Å²) in [4.78, 5) is 12.9. The summed E-state index contributed by atoms with van der Waals surface area (Å²) in [5.41, 5.74) is 2.77. The van der Waals surface area contributed by atoms with E-state index in [0.29, 0.717) is 28.5 Å². The van der Waals surface area contributed by atoms with Crippen molar-refractivity contribution in [3.05, 3.63) is 76.7 Å². The number of hydrogen-bond acceptors (Lipinski definition) is 6. The molecule has 0 aliphatic carbocycles. The molecule has 1 aliphatic rings. The first kappa shape index (κ1) is 22.8. The van der Waals surface area contributed by atoms with Gasteiger partial charge in [0.25, 0.3) is 5.91 Å². The Balaban J connectivity index is 1.33. The summed E-state index contributed by atoms with van der Waals surface area (Å²) >= 11 is 0. The zero-order valence-electron chi connectivity index (χ0n) is 19.7. The van der Waals surface area contributed by atoms with Gasteiger partial charge in [0.2, 0.25) is 0 Å². The second-order valence-electron chi connectivity index (χ2n) is 8.67. The van der Waals surface area contributed by atoms with Crippen molar-refractivity contribution in [2.24, 2.45) is 0 Å². The molecular formula is C26H26FN5O3. The summed E-state index contributed by atoms with van der Waals surface area (Å²) in [6.45, 7) is 4.77. The molecule has 0 fully saturated rings. The van der Waals surface area contributed by atoms with Gasteiger partial charge >= 0.3 is 0 Å². The van der Waals surface area contributed by atoms with Crippen LogP contribution < -0.4 is 10.1 Å². The van der Waals surface area contributed by atoms with Gasteiger partial charge in [0, 0.05) is 24.1 Å². The molecular weight excluding hydrogens is 449 g/mol. The quantitative estimate of drug-likeness (QED) is 0.409. The van der Waals surface area contributed by atoms with Crippen LogP contribution >= 0.6 is 0 Å². The number of halogens is 1. The molecule has 2 aromatic heterocycles. The first-order valence-electron chi connectivity index (χ1n) is 11.7. The van der Waals surface area contributed by atoms with Crippen LogP contribution in [0.1, 0.15) is 52.5 Å². The maximum absolute atomic E-state index is 14.6. The highest BCUT2D eigenvalue weighted by molar-refractivity contribution is 6.04. The molecule has 0 saturated carbocycles. The fourth-order valence-electron chi connectivity index (χ4n) is 4.24. The highest BCUT2D eigenvalue weighted by Crippen LogP contribution is 2.27. The first-order chi connectivity index (χ1) is 17.0. The topological polar surface area (TPSA) is 95.1 Å². The number of aromatic nitrogens is 4. The third-order valence-electron chi connectivity index (χ3n) is 6.24. The van der Waals surface area contributed by atoms with Gasteiger partial charge in [-0.15, -0.1) is 10.2 Å². The van der Waals surface area contributed by atoms with E-state index in [1.54, 1.807) is 36.4 Å². The van der Waals surface area contributed by atoms with Gasteiger partial charge in [-0.2, -0.15) is 0 Å². The lowest BCUT2D eigenvalue weighted by molar-refractivity contribution is 0.102. The van der Waals surface area contributed by atoms with E-state index in [2.05, 4.69) is 25.2 Å². The minimum absolute atomic E-state index is 0.0838. The van der Waals surface area contributed by atoms with Crippen molar-refractivity contribution in [1.29, 1.82) is 0 Å². The number of carbonyl (C=O) groups is 1. The SMILES string of the molecule is Cc1noc(C)c1COc1cccc(C(=O)Nc2cc(-c3nnc4n3CCCCC4)ccc2F)c1. The van der Waals surface area contributed by atoms with Gasteiger partial charge in [-0.3, -0.25) is 4.79 Å². The van der Waals surface area contributed by atoms with Gasteiger partial charge in [0.05, 0.1) is 16.9 Å². The molecule has 3 heterocycles. The average molecular weight is 476 g/mol. The van der Waals surface area contributed by atoms with E-state index in [1.807, 2.05) is 13.8 Å². The van der Waals surface area contributed by atoms with Crippen molar-refractivity contribution in [1.82, 2.24) is 19.9 Å². The van der Waals surface area contributed by atoms with Gasteiger partial charge in [-0.05, 0) is 63.1 Å². The van der Waals surface area contributed by atoms with Crippen molar-refractivity contribution in [2.75, 3.05) is 5.32 Å². The van der Waals surface area contributed by atoms with Crippen molar-refractivity contribution in [2.45, 2.75) is 52.7 Å². The van der Waals surface area contributed by atoms with Gasteiger partial charge < -0.3 is 19.1 Å². The molecule has 2 aromatic carbocycles. The number of nitrogens with zero attached hydrogens (tertiary/aromatic N) is 4. The Morgan fingerprint density at radius 1 is 1.14 bits per heavy atom. The molecule has 0 atom stereocenters. The Morgan fingerprint density at radius 2 is 2.03 bits per heavy atom. The number of nitrogens with one attached hydrogen (secondary N) is 1. The van der Waals surface area contributed by atoms with Crippen LogP contribution in [0.5, 0.6) is 5.75 Å². The molecule has 9 heteroatoms. The molecule has 35 heavy (non-hydrogen) atoms. The van der Waals surface area contributed by atoms with E-state index < -0.39 is 11.7 Å². The van der Waals surface area contributed by atoms with Crippen molar-refractivity contribution >= 4 is 11.6 Å². The van der Waals surface area contributed by atoms with Gasteiger partial charge in [-0.1, -0.05) is 17.6 Å². The molecule has 4 aromatic rings. The average Bonchev–Trinajstić information content (AvgIpc) is 3.31. The van der Waals surface area contributed by atoms with Crippen LogP contribution in [0.2, 0.25) is 0 Å². The molecule has 1 aliphatic heterocycles. The molecule has 1 amide bonds. The number of ether oxygens (including phenoxy) is 1. The number of fused-ring (bicyclic) bond motifs is 1. The zero-order chi connectivity index (χ0) is 24.4. The van der Waals surface area contributed by atoms with Crippen LogP contribution in [0.4, 0.5) is 10.1 Å². The normalized spacial score (nSPS) is 13.2. The molecule has 0 bridgehead atoms. The lowest BCUT2D eigenvalue weighted by Gasteiger charge is -2.11. The number of anilines is 1. The minimum Gasteiger partial charge on any atom is -0.489 e. The number of amides is 1. The number of rotatable bonds is 6. The second-order valence-corrected chi connectivity index (χ2v) is 8.67. The van der Waals surface area contributed by atoms with Gasteiger partial charge in [0.1, 0.15) is 29.8 Å². The maximum atomic E-state index is 14.6. The van der Waals surface area contributed by atoms with Crippen LogP contribution in [0.15, 0.2) is 47.0 Å². The lowest BCUT2D eigenvalue weighted by atomic mass is 10.1. The Hall–Kier alpha value is -4.01. The first-order valence-corrected chi connectivity index (χ1v) is 11.7. The molecule has 0 saturated heterocycles. The minimum atomic E-state index is -0.525. The van der Waals surface area contributed by atoms with E-state index in [4.69, 9.17) is 9.26 Å². The third-order valence-corrected chi connectivity index (χ3v) is 6.24. The van der Waals surface area contributed by atoms with Crippen LogP contribution in [-0.2, 0) is 19.6 Å². The summed E-state index contributed by atoms with van der Waals surface area (Å²) in [7, 11) is 0. The Bertz CT molecular complexity index is 1360. The van der Waals surface area contributed by atoms with Crippen LogP contribution in [0.3, 0.4) is 0 Å². The standard InChI is InChI=1S/C26H26FN5O3/c1-16-21(17(2)35-31-16)15-34-20-8-6-7-19(13-20)26(33)28-23-14-18(10-11-22(23)27)25-30-29-24-9-4-3-5-12-32(24)25/h6-8,10-11,13-14H,3-5,9,12,15H2,1-2H3,(H,28,33). The van der Waals surface area contributed by atoms with E-state index in [-0.39, 0.29) is 12.3 Å². The number of carbonyl (C=O) groups excluding carboxylic acids is 1. The van der Waals surface area contributed by atoms with Crippen molar-refractivity contribution < 1.29 is 18.4 Å². The van der Waals surface area contributed by atoms with Gasteiger partial charge in [0.15, 0.2) is 5.82 Å².